The van der Waals surface area contributed by atoms with Crippen LogP contribution < -0.4 is 5.63 Å². The van der Waals surface area contributed by atoms with Crippen molar-refractivity contribution in [2.75, 3.05) is 20.6 Å². The molecule has 1 aromatic heterocycles. The molecule has 2 aromatic carbocycles. The van der Waals surface area contributed by atoms with Gasteiger partial charge in [0.1, 0.15) is 17.1 Å². The van der Waals surface area contributed by atoms with Crippen LogP contribution in [0.3, 0.4) is 0 Å². The first-order valence-electron chi connectivity index (χ1n) is 8.85. The molecule has 1 heterocycles. The fourth-order valence-electron chi connectivity index (χ4n) is 3.54. The number of hydrogen-bond donors (Lipinski definition) is 1. The van der Waals surface area contributed by atoms with Crippen molar-refractivity contribution < 1.29 is 14.3 Å². The molecule has 0 saturated carbocycles. The zero-order chi connectivity index (χ0) is 19.6. The highest BCUT2D eigenvalue weighted by molar-refractivity contribution is 5.85. The zero-order valence-electron chi connectivity index (χ0n) is 15.7. The standard InChI is InChI=1S/C22H23NO4/c1-14(24)17(13-23(2)3)19(15-9-5-4-6-10-15)20-21(25)16-11-7-8-12-18(16)27-22(20)26/h4-12,17,19,25H,13H2,1-3H3/t17-,19+/m1/s1. The lowest BCUT2D eigenvalue weighted by atomic mass is 9.78. The fraction of sp³-hybridized carbons (Fsp3) is 0.273. The molecule has 1 N–H and O–H groups in total. The topological polar surface area (TPSA) is 70.8 Å². The molecule has 0 unspecified atom stereocenters. The van der Waals surface area contributed by atoms with Gasteiger partial charge >= 0.3 is 5.63 Å². The minimum absolute atomic E-state index is 0.0514. The Labute approximate surface area is 157 Å². The van der Waals surface area contributed by atoms with Crippen molar-refractivity contribution in [2.24, 2.45) is 5.92 Å². The summed E-state index contributed by atoms with van der Waals surface area (Å²) in [5.41, 5.74) is 0.618. The number of benzene rings is 2. The van der Waals surface area contributed by atoms with Crippen molar-refractivity contribution in [3.8, 4) is 5.75 Å². The Kier molecular flexibility index (Phi) is 5.42. The molecule has 3 rings (SSSR count). The Morgan fingerprint density at radius 3 is 2.33 bits per heavy atom. The fourth-order valence-corrected chi connectivity index (χ4v) is 3.54. The third-order valence-electron chi connectivity index (χ3n) is 4.78. The van der Waals surface area contributed by atoms with Crippen LogP contribution in [-0.4, -0.2) is 36.4 Å². The van der Waals surface area contributed by atoms with E-state index >= 15 is 0 Å². The van der Waals surface area contributed by atoms with Gasteiger partial charge in [0.2, 0.25) is 0 Å². The van der Waals surface area contributed by atoms with Crippen LogP contribution in [0.4, 0.5) is 0 Å². The van der Waals surface area contributed by atoms with Gasteiger partial charge in [0.15, 0.2) is 0 Å². The van der Waals surface area contributed by atoms with Crippen LogP contribution in [0.1, 0.15) is 24.0 Å². The van der Waals surface area contributed by atoms with E-state index in [2.05, 4.69) is 0 Å². The summed E-state index contributed by atoms with van der Waals surface area (Å²) in [7, 11) is 3.75. The van der Waals surface area contributed by atoms with Gasteiger partial charge < -0.3 is 14.4 Å². The maximum absolute atomic E-state index is 12.8. The van der Waals surface area contributed by atoms with Gasteiger partial charge in [-0.05, 0) is 38.7 Å². The van der Waals surface area contributed by atoms with Crippen molar-refractivity contribution >= 4 is 16.8 Å². The summed E-state index contributed by atoms with van der Waals surface area (Å²) in [5, 5.41) is 11.4. The van der Waals surface area contributed by atoms with Gasteiger partial charge in [0, 0.05) is 18.4 Å². The van der Waals surface area contributed by atoms with Crippen LogP contribution in [0.2, 0.25) is 0 Å². The molecule has 0 radical (unpaired) electrons. The van der Waals surface area contributed by atoms with E-state index in [9.17, 15) is 14.7 Å². The van der Waals surface area contributed by atoms with Gasteiger partial charge in [-0.1, -0.05) is 42.5 Å². The monoisotopic (exact) mass is 365 g/mol. The van der Waals surface area contributed by atoms with Gasteiger partial charge in [-0.3, -0.25) is 4.79 Å². The first kappa shape index (κ1) is 18.9. The number of rotatable bonds is 6. The minimum atomic E-state index is -0.620. The molecule has 0 saturated heterocycles. The van der Waals surface area contributed by atoms with Gasteiger partial charge in [-0.2, -0.15) is 0 Å². The number of ketones is 1. The number of nitrogens with zero attached hydrogens (tertiary/aromatic N) is 1. The minimum Gasteiger partial charge on any atom is -0.507 e. The van der Waals surface area contributed by atoms with Crippen LogP contribution >= 0.6 is 0 Å². The summed E-state index contributed by atoms with van der Waals surface area (Å²) in [6.07, 6.45) is 0. The Morgan fingerprint density at radius 2 is 1.70 bits per heavy atom. The average molecular weight is 365 g/mol. The lowest BCUT2D eigenvalue weighted by Gasteiger charge is -2.28. The van der Waals surface area contributed by atoms with Crippen molar-refractivity contribution in [2.45, 2.75) is 12.8 Å². The zero-order valence-corrected chi connectivity index (χ0v) is 15.7. The molecule has 3 aromatic rings. The number of carbonyl (C=O) groups is 1. The highest BCUT2D eigenvalue weighted by atomic mass is 16.4. The van der Waals surface area contributed by atoms with Crippen LogP contribution in [0.5, 0.6) is 5.75 Å². The van der Waals surface area contributed by atoms with Crippen LogP contribution in [0.25, 0.3) is 11.0 Å². The summed E-state index contributed by atoms with van der Waals surface area (Å²) in [4.78, 5) is 27.2. The van der Waals surface area contributed by atoms with E-state index in [-0.39, 0.29) is 17.1 Å². The number of carbonyl (C=O) groups excluding carboxylic acids is 1. The van der Waals surface area contributed by atoms with E-state index in [1.807, 2.05) is 49.3 Å². The Hall–Kier alpha value is -2.92. The van der Waals surface area contributed by atoms with Crippen LogP contribution in [-0.2, 0) is 4.79 Å². The molecule has 0 aliphatic carbocycles. The molecule has 5 nitrogen and oxygen atoms in total. The Morgan fingerprint density at radius 1 is 1.07 bits per heavy atom. The first-order chi connectivity index (χ1) is 12.9. The summed E-state index contributed by atoms with van der Waals surface area (Å²) in [5.74, 6) is -1.28. The number of fused-ring (bicyclic) bond motifs is 1. The lowest BCUT2D eigenvalue weighted by molar-refractivity contribution is -0.121. The molecule has 2 atom stereocenters. The molecule has 0 spiro atoms. The average Bonchev–Trinajstić information content (AvgIpc) is 2.64. The van der Waals surface area contributed by atoms with E-state index in [4.69, 9.17) is 4.42 Å². The van der Waals surface area contributed by atoms with Gasteiger partial charge in [0.05, 0.1) is 10.9 Å². The molecule has 0 aliphatic heterocycles. The molecule has 5 heteroatoms. The summed E-state index contributed by atoms with van der Waals surface area (Å²) in [6, 6.07) is 16.2. The maximum atomic E-state index is 12.8. The summed E-state index contributed by atoms with van der Waals surface area (Å²) < 4.78 is 5.47. The molecule has 0 aliphatic rings. The van der Waals surface area contributed by atoms with E-state index in [0.717, 1.165) is 5.56 Å². The number of Topliss-reactive ketones (excluding diaryl/α,β-unsaturated/α-hetero) is 1. The smallest absolute Gasteiger partial charge is 0.343 e. The third kappa shape index (κ3) is 3.78. The molecular weight excluding hydrogens is 342 g/mol. The lowest BCUT2D eigenvalue weighted by Crippen LogP contribution is -2.34. The van der Waals surface area contributed by atoms with E-state index in [1.165, 1.54) is 6.92 Å². The quantitative estimate of drug-likeness (QED) is 0.678. The highest BCUT2D eigenvalue weighted by Crippen LogP contribution is 2.38. The predicted molar refractivity (Wildman–Crippen MR) is 105 cm³/mol. The SMILES string of the molecule is CC(=O)[C@@H](CN(C)C)[C@H](c1ccccc1)c1c(O)c2ccccc2oc1=O. The predicted octanol–water partition coefficient (Wildman–Crippen LogP) is 3.40. The molecule has 0 bridgehead atoms. The number of aromatic hydroxyl groups is 1. The van der Waals surface area contributed by atoms with Gasteiger partial charge in [0.25, 0.3) is 0 Å². The second kappa shape index (κ2) is 7.76. The van der Waals surface area contributed by atoms with E-state index < -0.39 is 17.5 Å². The van der Waals surface area contributed by atoms with Crippen molar-refractivity contribution in [3.63, 3.8) is 0 Å². The largest absolute Gasteiger partial charge is 0.507 e. The van der Waals surface area contributed by atoms with Crippen molar-refractivity contribution in [1.82, 2.24) is 4.90 Å². The molecular formula is C22H23NO4. The summed E-state index contributed by atoms with van der Waals surface area (Å²) in [6.45, 7) is 1.96. The van der Waals surface area contributed by atoms with Gasteiger partial charge in [-0.25, -0.2) is 4.79 Å². The number of hydrogen-bond acceptors (Lipinski definition) is 5. The molecule has 0 amide bonds. The Balaban J connectivity index is 2.30. The molecule has 0 fully saturated rings. The normalized spacial score (nSPS) is 13.6. The first-order valence-corrected chi connectivity index (χ1v) is 8.85. The third-order valence-corrected chi connectivity index (χ3v) is 4.78. The van der Waals surface area contributed by atoms with Crippen molar-refractivity contribution in [1.29, 1.82) is 0 Å². The van der Waals surface area contributed by atoms with Gasteiger partial charge in [-0.15, -0.1) is 0 Å². The molecule has 27 heavy (non-hydrogen) atoms. The maximum Gasteiger partial charge on any atom is 0.343 e. The van der Waals surface area contributed by atoms with Crippen LogP contribution in [0.15, 0.2) is 63.8 Å². The van der Waals surface area contributed by atoms with Crippen molar-refractivity contribution in [3.05, 3.63) is 76.1 Å². The summed E-state index contributed by atoms with van der Waals surface area (Å²) >= 11 is 0. The second-order valence-corrected chi connectivity index (χ2v) is 7.02. The number of para-hydroxylation sites is 1. The Bertz CT molecular complexity index is 1010. The second-order valence-electron chi connectivity index (χ2n) is 7.02. The molecule has 140 valence electrons. The van der Waals surface area contributed by atoms with E-state index in [1.54, 1.807) is 24.3 Å². The highest BCUT2D eigenvalue weighted by Gasteiger charge is 2.34. The van der Waals surface area contributed by atoms with Crippen LogP contribution in [0, 0.1) is 5.92 Å². The van der Waals surface area contributed by atoms with E-state index in [0.29, 0.717) is 17.5 Å².